The second-order valence-electron chi connectivity index (χ2n) is 4.99. The van der Waals surface area contributed by atoms with Crippen molar-refractivity contribution in [2.45, 2.75) is 25.9 Å². The topological polar surface area (TPSA) is 61.4 Å². The number of hydrogen-bond acceptors (Lipinski definition) is 3. The van der Waals surface area contributed by atoms with Crippen LogP contribution in [0.25, 0.3) is 0 Å². The molecule has 18 heavy (non-hydrogen) atoms. The van der Waals surface area contributed by atoms with Gasteiger partial charge in [0.2, 0.25) is 5.91 Å². The van der Waals surface area contributed by atoms with Gasteiger partial charge >= 0.3 is 0 Å². The van der Waals surface area contributed by atoms with Crippen molar-refractivity contribution in [3.05, 3.63) is 28.3 Å². The molecule has 98 valence electrons. The smallest absolute Gasteiger partial charge is 0.227 e. The number of anilines is 1. The highest BCUT2D eigenvalue weighted by Crippen LogP contribution is 2.28. The molecule has 0 bridgehead atoms. The largest absolute Gasteiger partial charge is 0.387 e. The maximum Gasteiger partial charge on any atom is 0.227 e. The third-order valence-corrected chi connectivity index (χ3v) is 3.39. The Bertz CT molecular complexity index is 461. The molecule has 1 fully saturated rings. The first-order chi connectivity index (χ1) is 8.39. The highest BCUT2D eigenvalue weighted by atomic mass is 35.5. The summed E-state index contributed by atoms with van der Waals surface area (Å²) in [6, 6.07) is 3.77. The van der Waals surface area contributed by atoms with E-state index >= 15 is 0 Å². The number of hydrogen-bond donors (Lipinski definition) is 3. The molecule has 2 rings (SSSR count). The summed E-state index contributed by atoms with van der Waals surface area (Å²) in [4.78, 5) is 11.9. The Morgan fingerprint density at radius 3 is 2.67 bits per heavy atom. The SMILES string of the molecule is Cc1cc(C)c(NC(=O)CC2(O)CNC2)c(Cl)c1. The predicted octanol–water partition coefficient (Wildman–Crippen LogP) is 1.62. The molecule has 1 aromatic carbocycles. The van der Waals surface area contributed by atoms with Crippen LogP contribution in [-0.4, -0.2) is 29.7 Å². The van der Waals surface area contributed by atoms with Gasteiger partial charge in [-0.1, -0.05) is 17.7 Å². The molecule has 0 spiro atoms. The van der Waals surface area contributed by atoms with E-state index in [1.54, 1.807) is 0 Å². The fraction of sp³-hybridized carbons (Fsp3) is 0.462. The molecule has 1 aliphatic rings. The summed E-state index contributed by atoms with van der Waals surface area (Å²) in [5.41, 5.74) is 1.70. The second-order valence-corrected chi connectivity index (χ2v) is 5.40. The Morgan fingerprint density at radius 1 is 1.50 bits per heavy atom. The minimum absolute atomic E-state index is 0.0869. The maximum absolute atomic E-state index is 11.9. The van der Waals surface area contributed by atoms with Crippen molar-refractivity contribution >= 4 is 23.2 Å². The average Bonchev–Trinajstić information content (AvgIpc) is 2.21. The molecule has 0 unspecified atom stereocenters. The van der Waals surface area contributed by atoms with E-state index in [1.165, 1.54) is 0 Å². The van der Waals surface area contributed by atoms with E-state index in [0.717, 1.165) is 11.1 Å². The number of aryl methyl sites for hydroxylation is 2. The molecule has 0 saturated carbocycles. The third kappa shape index (κ3) is 2.83. The molecule has 1 aliphatic heterocycles. The number of benzene rings is 1. The summed E-state index contributed by atoms with van der Waals surface area (Å²) in [6.07, 6.45) is 0.0869. The lowest BCUT2D eigenvalue weighted by molar-refractivity contribution is -0.123. The lowest BCUT2D eigenvalue weighted by Crippen LogP contribution is -2.60. The van der Waals surface area contributed by atoms with Crippen molar-refractivity contribution in [3.8, 4) is 0 Å². The molecule has 1 amide bonds. The van der Waals surface area contributed by atoms with E-state index in [9.17, 15) is 9.90 Å². The Balaban J connectivity index is 2.07. The van der Waals surface area contributed by atoms with Gasteiger partial charge in [-0.3, -0.25) is 4.79 Å². The van der Waals surface area contributed by atoms with Crippen molar-refractivity contribution in [2.24, 2.45) is 0 Å². The summed E-state index contributed by atoms with van der Waals surface area (Å²) in [7, 11) is 0. The van der Waals surface area contributed by atoms with Crippen LogP contribution >= 0.6 is 11.6 Å². The van der Waals surface area contributed by atoms with Gasteiger partial charge in [0.25, 0.3) is 0 Å². The molecule has 4 nitrogen and oxygen atoms in total. The van der Waals surface area contributed by atoms with Crippen LogP contribution < -0.4 is 10.6 Å². The summed E-state index contributed by atoms with van der Waals surface area (Å²) >= 11 is 6.11. The fourth-order valence-corrected chi connectivity index (χ4v) is 2.46. The lowest BCUT2D eigenvalue weighted by Gasteiger charge is -2.37. The number of amides is 1. The third-order valence-electron chi connectivity index (χ3n) is 3.09. The van der Waals surface area contributed by atoms with Crippen molar-refractivity contribution in [1.29, 1.82) is 0 Å². The van der Waals surface area contributed by atoms with E-state index in [0.29, 0.717) is 23.8 Å². The molecule has 5 heteroatoms. The fourth-order valence-electron chi connectivity index (χ4n) is 2.10. The van der Waals surface area contributed by atoms with Gasteiger partial charge < -0.3 is 15.7 Å². The minimum atomic E-state index is -0.908. The summed E-state index contributed by atoms with van der Waals surface area (Å²) in [6.45, 7) is 4.77. The zero-order chi connectivity index (χ0) is 13.3. The van der Waals surface area contributed by atoms with Gasteiger partial charge in [-0.25, -0.2) is 0 Å². The van der Waals surface area contributed by atoms with Gasteiger partial charge in [-0.2, -0.15) is 0 Å². The van der Waals surface area contributed by atoms with Crippen molar-refractivity contribution in [1.82, 2.24) is 5.32 Å². The van der Waals surface area contributed by atoms with Gasteiger partial charge in [0.05, 0.1) is 22.7 Å². The summed E-state index contributed by atoms with van der Waals surface area (Å²) in [5, 5.41) is 16.1. The molecular weight excluding hydrogens is 252 g/mol. The van der Waals surface area contributed by atoms with Gasteiger partial charge in [0.1, 0.15) is 0 Å². The van der Waals surface area contributed by atoms with E-state index in [4.69, 9.17) is 11.6 Å². The first-order valence-corrected chi connectivity index (χ1v) is 6.27. The van der Waals surface area contributed by atoms with Crippen LogP contribution in [0.5, 0.6) is 0 Å². The van der Waals surface area contributed by atoms with E-state index in [1.807, 2.05) is 26.0 Å². The van der Waals surface area contributed by atoms with Gasteiger partial charge in [0.15, 0.2) is 0 Å². The first kappa shape index (κ1) is 13.3. The minimum Gasteiger partial charge on any atom is -0.387 e. The average molecular weight is 269 g/mol. The highest BCUT2D eigenvalue weighted by Gasteiger charge is 2.36. The Labute approximate surface area is 111 Å². The zero-order valence-electron chi connectivity index (χ0n) is 10.5. The van der Waals surface area contributed by atoms with Crippen molar-refractivity contribution in [2.75, 3.05) is 18.4 Å². The molecule has 0 aliphatic carbocycles. The normalized spacial score (nSPS) is 17.1. The quantitative estimate of drug-likeness (QED) is 0.781. The predicted molar refractivity (Wildman–Crippen MR) is 72.0 cm³/mol. The van der Waals surface area contributed by atoms with Gasteiger partial charge in [0, 0.05) is 13.1 Å². The molecular formula is C13H17ClN2O2. The molecule has 0 aromatic heterocycles. The van der Waals surface area contributed by atoms with Crippen LogP contribution in [-0.2, 0) is 4.79 Å². The number of rotatable bonds is 3. The number of carbonyl (C=O) groups excluding carboxylic acids is 1. The molecule has 3 N–H and O–H groups in total. The van der Waals surface area contributed by atoms with E-state index in [-0.39, 0.29) is 12.3 Å². The van der Waals surface area contributed by atoms with E-state index in [2.05, 4.69) is 10.6 Å². The van der Waals surface area contributed by atoms with E-state index < -0.39 is 5.60 Å². The van der Waals surface area contributed by atoms with Crippen LogP contribution in [0.15, 0.2) is 12.1 Å². The van der Waals surface area contributed by atoms with Crippen LogP contribution in [0.1, 0.15) is 17.5 Å². The van der Waals surface area contributed by atoms with Crippen molar-refractivity contribution < 1.29 is 9.90 Å². The Morgan fingerprint density at radius 2 is 2.17 bits per heavy atom. The Hall–Kier alpha value is -1.10. The number of halogens is 1. The molecule has 0 atom stereocenters. The van der Waals surface area contributed by atoms with Gasteiger partial charge in [-0.05, 0) is 31.0 Å². The lowest BCUT2D eigenvalue weighted by atomic mass is 9.93. The molecule has 0 radical (unpaired) electrons. The molecule has 1 saturated heterocycles. The van der Waals surface area contributed by atoms with Crippen LogP contribution in [0.3, 0.4) is 0 Å². The highest BCUT2D eigenvalue weighted by molar-refractivity contribution is 6.34. The van der Waals surface area contributed by atoms with Crippen LogP contribution in [0, 0.1) is 13.8 Å². The molecule has 1 heterocycles. The number of β-amino-alcohol motifs (C(OH)–C–C–N with tert-alkyl or cyclic N) is 1. The maximum atomic E-state index is 11.9. The summed E-state index contributed by atoms with van der Waals surface area (Å²) in [5.74, 6) is -0.215. The van der Waals surface area contributed by atoms with Crippen molar-refractivity contribution in [3.63, 3.8) is 0 Å². The zero-order valence-corrected chi connectivity index (χ0v) is 11.3. The van der Waals surface area contributed by atoms with Gasteiger partial charge in [-0.15, -0.1) is 0 Å². The van der Waals surface area contributed by atoms with Crippen LogP contribution in [0.2, 0.25) is 5.02 Å². The van der Waals surface area contributed by atoms with Crippen LogP contribution in [0.4, 0.5) is 5.69 Å². The number of aliphatic hydroxyl groups is 1. The Kier molecular flexibility index (Phi) is 3.61. The second kappa shape index (κ2) is 4.88. The first-order valence-electron chi connectivity index (χ1n) is 5.89. The monoisotopic (exact) mass is 268 g/mol. The standard InChI is InChI=1S/C13H17ClN2O2/c1-8-3-9(2)12(10(14)4-8)16-11(17)5-13(18)6-15-7-13/h3-4,15,18H,5-7H2,1-2H3,(H,16,17). The summed E-state index contributed by atoms with van der Waals surface area (Å²) < 4.78 is 0. The number of carbonyl (C=O) groups is 1. The number of nitrogens with one attached hydrogen (secondary N) is 2. The molecule has 1 aromatic rings.